The number of hydrogen-bond donors (Lipinski definition) is 2. The summed E-state index contributed by atoms with van der Waals surface area (Å²) in [4.78, 5) is 25.5. The number of carbonyl (C=O) groups is 1. The number of aromatic hydroxyl groups is 1. The third kappa shape index (κ3) is 5.96. The predicted molar refractivity (Wildman–Crippen MR) is 146 cm³/mol. The van der Waals surface area contributed by atoms with Crippen LogP contribution in [0.15, 0.2) is 83.8 Å². The summed E-state index contributed by atoms with van der Waals surface area (Å²) in [7, 11) is 0. The zero-order valence-electron chi connectivity index (χ0n) is 21.1. The van der Waals surface area contributed by atoms with Crippen molar-refractivity contribution in [3.05, 3.63) is 117 Å². The first kappa shape index (κ1) is 26.4. The Morgan fingerprint density at radius 2 is 1.79 bits per heavy atom. The molecule has 7 nitrogen and oxygen atoms in total. The Bertz CT molecular complexity index is 1550. The van der Waals surface area contributed by atoms with Crippen LogP contribution in [-0.2, 0) is 18.5 Å². The van der Waals surface area contributed by atoms with Crippen LogP contribution in [-0.4, -0.2) is 20.8 Å². The Morgan fingerprint density at radius 1 is 1.05 bits per heavy atom. The zero-order valence-corrected chi connectivity index (χ0v) is 21.8. The fourth-order valence-electron chi connectivity index (χ4n) is 5.08. The van der Waals surface area contributed by atoms with E-state index in [0.717, 1.165) is 37.0 Å². The highest BCUT2D eigenvalue weighted by atomic mass is 35.5. The Labute approximate surface area is 229 Å². The maximum Gasteiger partial charge on any atom is 0.276 e. The van der Waals surface area contributed by atoms with E-state index in [-0.39, 0.29) is 17.0 Å². The van der Waals surface area contributed by atoms with Gasteiger partial charge in [0.05, 0.1) is 17.8 Å². The average molecular weight is 548 g/mol. The predicted octanol–water partition coefficient (Wildman–Crippen LogP) is 5.98. The fourth-order valence-corrected chi connectivity index (χ4v) is 5.29. The van der Waals surface area contributed by atoms with Gasteiger partial charge in [0.1, 0.15) is 17.3 Å². The lowest BCUT2D eigenvalue weighted by atomic mass is 9.78. The van der Waals surface area contributed by atoms with E-state index in [4.69, 9.17) is 16.3 Å². The summed E-state index contributed by atoms with van der Waals surface area (Å²) in [5.74, 6) is -0.428. The normalized spacial score (nSPS) is 14.2. The van der Waals surface area contributed by atoms with E-state index in [9.17, 15) is 19.1 Å². The van der Waals surface area contributed by atoms with E-state index in [2.05, 4.69) is 10.4 Å². The molecular weight excluding hydrogens is 521 g/mol. The summed E-state index contributed by atoms with van der Waals surface area (Å²) in [5, 5.41) is 17.2. The first-order valence-electron chi connectivity index (χ1n) is 12.7. The van der Waals surface area contributed by atoms with E-state index >= 15 is 0 Å². The molecule has 0 saturated heterocycles. The molecule has 0 bridgehead atoms. The molecule has 200 valence electrons. The van der Waals surface area contributed by atoms with Gasteiger partial charge in [-0.2, -0.15) is 5.10 Å². The Morgan fingerprint density at radius 3 is 2.54 bits per heavy atom. The molecule has 1 fully saturated rings. The lowest BCUT2D eigenvalue weighted by molar-refractivity contribution is 0.0940. The van der Waals surface area contributed by atoms with Crippen LogP contribution in [0.2, 0.25) is 5.02 Å². The molecule has 0 spiro atoms. The van der Waals surface area contributed by atoms with Crippen molar-refractivity contribution in [1.29, 1.82) is 0 Å². The number of benzene rings is 3. The number of rotatable bonds is 8. The summed E-state index contributed by atoms with van der Waals surface area (Å²) in [6, 6.07) is 21.5. The second-order valence-corrected chi connectivity index (χ2v) is 10.2. The van der Waals surface area contributed by atoms with Crippen molar-refractivity contribution in [3.63, 3.8) is 0 Å². The van der Waals surface area contributed by atoms with Gasteiger partial charge in [0.2, 0.25) is 0 Å². The van der Waals surface area contributed by atoms with Gasteiger partial charge >= 0.3 is 0 Å². The van der Waals surface area contributed by atoms with E-state index in [1.54, 1.807) is 0 Å². The van der Waals surface area contributed by atoms with Crippen molar-refractivity contribution in [2.45, 2.75) is 44.2 Å². The molecule has 0 unspecified atom stereocenters. The van der Waals surface area contributed by atoms with Crippen LogP contribution in [0.3, 0.4) is 0 Å². The number of hydrogen-bond acceptors (Lipinski definition) is 5. The van der Waals surface area contributed by atoms with Crippen LogP contribution in [0.1, 0.15) is 47.3 Å². The van der Waals surface area contributed by atoms with Crippen LogP contribution in [0.5, 0.6) is 17.2 Å². The number of amides is 1. The summed E-state index contributed by atoms with van der Waals surface area (Å²) >= 11 is 5.81. The number of nitrogens with one attached hydrogen (secondary N) is 1. The van der Waals surface area contributed by atoms with E-state index in [1.165, 1.54) is 29.1 Å². The summed E-state index contributed by atoms with van der Waals surface area (Å²) in [6.07, 6.45) is 5.06. The van der Waals surface area contributed by atoms with Crippen molar-refractivity contribution in [2.24, 2.45) is 0 Å². The number of nitrogens with zero attached hydrogens (tertiary/aromatic N) is 2. The zero-order chi connectivity index (χ0) is 27.4. The molecule has 1 aliphatic rings. The number of carbonyl (C=O) groups excluding carboxylic acids is 1. The Kier molecular flexibility index (Phi) is 7.65. The second-order valence-electron chi connectivity index (χ2n) is 9.75. The van der Waals surface area contributed by atoms with Gasteiger partial charge in [0, 0.05) is 12.0 Å². The molecule has 0 radical (unpaired) electrons. The van der Waals surface area contributed by atoms with E-state index in [1.807, 2.05) is 54.6 Å². The van der Waals surface area contributed by atoms with Crippen LogP contribution >= 0.6 is 11.6 Å². The van der Waals surface area contributed by atoms with Gasteiger partial charge in [-0.15, -0.1) is 0 Å². The first-order valence-corrected chi connectivity index (χ1v) is 13.1. The highest BCUT2D eigenvalue weighted by molar-refractivity contribution is 6.30. The third-order valence-electron chi connectivity index (χ3n) is 7.05. The minimum atomic E-state index is -0.861. The van der Waals surface area contributed by atoms with E-state index in [0.29, 0.717) is 17.9 Å². The third-order valence-corrected chi connectivity index (χ3v) is 7.34. The molecule has 0 atom stereocenters. The van der Waals surface area contributed by atoms with Gasteiger partial charge in [0.25, 0.3) is 11.3 Å². The molecule has 1 aromatic heterocycles. The fraction of sp³-hybridized carbons (Fsp3) is 0.233. The summed E-state index contributed by atoms with van der Waals surface area (Å²) in [6.45, 7) is 0.372. The number of aromatic nitrogens is 2. The SMILES string of the molecule is O=C(NCc1ccc(F)c(Cl)c1)c1nn(CC2(c3cccc(Oc4ccccc4)c3)CCCC2)cc(O)c1=O. The number of ether oxygens (including phenoxy) is 1. The maximum absolute atomic E-state index is 13.4. The van der Waals surface area contributed by atoms with Gasteiger partial charge in [0.15, 0.2) is 11.4 Å². The van der Waals surface area contributed by atoms with Crippen molar-refractivity contribution in [1.82, 2.24) is 15.1 Å². The van der Waals surface area contributed by atoms with Crippen molar-refractivity contribution in [3.8, 4) is 17.2 Å². The second kappa shape index (κ2) is 11.3. The number of halogens is 2. The molecule has 1 saturated carbocycles. The van der Waals surface area contributed by atoms with Gasteiger partial charge in [-0.1, -0.05) is 60.8 Å². The van der Waals surface area contributed by atoms with E-state index < -0.39 is 28.6 Å². The van der Waals surface area contributed by atoms with Crippen LogP contribution in [0, 0.1) is 5.82 Å². The van der Waals surface area contributed by atoms with Crippen LogP contribution < -0.4 is 15.5 Å². The van der Waals surface area contributed by atoms with Gasteiger partial charge in [-0.05, 0) is 60.4 Å². The molecule has 9 heteroatoms. The molecular formula is C30H27ClFN3O4. The van der Waals surface area contributed by atoms with Crippen molar-refractivity contribution < 1.29 is 19.0 Å². The van der Waals surface area contributed by atoms with Gasteiger partial charge in [-0.3, -0.25) is 14.3 Å². The molecule has 39 heavy (non-hydrogen) atoms. The monoisotopic (exact) mass is 547 g/mol. The quantitative estimate of drug-likeness (QED) is 0.283. The average Bonchev–Trinajstić information content (AvgIpc) is 3.41. The Hall–Kier alpha value is -4.17. The molecule has 1 aliphatic carbocycles. The molecule has 4 aromatic rings. The molecule has 1 amide bonds. The maximum atomic E-state index is 13.4. The number of para-hydroxylation sites is 1. The van der Waals surface area contributed by atoms with Crippen LogP contribution in [0.25, 0.3) is 0 Å². The van der Waals surface area contributed by atoms with Crippen molar-refractivity contribution in [2.75, 3.05) is 0 Å². The first-order chi connectivity index (χ1) is 18.8. The van der Waals surface area contributed by atoms with Gasteiger partial charge < -0.3 is 15.2 Å². The minimum absolute atomic E-state index is 0.00769. The largest absolute Gasteiger partial charge is 0.503 e. The standard InChI is InChI=1S/C30H27ClFN3O4/c31-24-15-20(11-12-25(24)32)17-33-29(38)27-28(37)26(36)18-35(34-27)19-30(13-4-5-14-30)21-7-6-10-23(16-21)39-22-8-2-1-3-9-22/h1-3,6-12,15-16,18,36H,4-5,13-14,17,19H2,(H,33,38). The highest BCUT2D eigenvalue weighted by Gasteiger charge is 2.37. The Balaban J connectivity index is 1.39. The van der Waals surface area contributed by atoms with Crippen molar-refractivity contribution >= 4 is 17.5 Å². The summed E-state index contributed by atoms with van der Waals surface area (Å²) < 4.78 is 21.0. The lowest BCUT2D eigenvalue weighted by Crippen LogP contribution is -2.34. The van der Waals surface area contributed by atoms with Crippen LogP contribution in [0.4, 0.5) is 4.39 Å². The smallest absolute Gasteiger partial charge is 0.276 e. The molecule has 2 N–H and O–H groups in total. The minimum Gasteiger partial charge on any atom is -0.503 e. The highest BCUT2D eigenvalue weighted by Crippen LogP contribution is 2.43. The molecule has 0 aliphatic heterocycles. The topological polar surface area (TPSA) is 93.5 Å². The molecule has 5 rings (SSSR count). The molecule has 3 aromatic carbocycles. The lowest BCUT2D eigenvalue weighted by Gasteiger charge is -2.30. The van der Waals surface area contributed by atoms with Gasteiger partial charge in [-0.25, -0.2) is 4.39 Å². The molecule has 1 heterocycles. The summed E-state index contributed by atoms with van der Waals surface area (Å²) in [5.41, 5.74) is 0.0193.